The lowest BCUT2D eigenvalue weighted by Crippen LogP contribution is -2.33. The third-order valence-corrected chi connectivity index (χ3v) is 3.44. The quantitative estimate of drug-likeness (QED) is 0.325. The largest absolute Gasteiger partial charge is 0.258 e. The van der Waals surface area contributed by atoms with Crippen molar-refractivity contribution in [1.29, 1.82) is 0 Å². The summed E-state index contributed by atoms with van der Waals surface area (Å²) >= 11 is 0. The lowest BCUT2D eigenvalue weighted by atomic mass is 10.1. The van der Waals surface area contributed by atoms with Crippen molar-refractivity contribution >= 4 is 0 Å². The summed E-state index contributed by atoms with van der Waals surface area (Å²) in [4.78, 5) is 0. The molecule has 0 spiro atoms. The highest BCUT2D eigenvalue weighted by atomic mass is 15.3. The van der Waals surface area contributed by atoms with Gasteiger partial charge in [0.15, 0.2) is 0 Å². The molecule has 110 valence electrons. The van der Waals surface area contributed by atoms with Gasteiger partial charge < -0.3 is 0 Å². The Labute approximate surface area is 115 Å². The van der Waals surface area contributed by atoms with E-state index in [0.717, 1.165) is 13.1 Å². The van der Waals surface area contributed by atoms with Crippen molar-refractivity contribution < 1.29 is 0 Å². The van der Waals surface area contributed by atoms with Crippen LogP contribution in [-0.2, 0) is 0 Å². The molecular formula is C16H36N2. The fourth-order valence-electron chi connectivity index (χ4n) is 2.14. The second kappa shape index (κ2) is 16.9. The van der Waals surface area contributed by atoms with Gasteiger partial charge >= 0.3 is 0 Å². The molecule has 2 heteroatoms. The van der Waals surface area contributed by atoms with Crippen molar-refractivity contribution in [2.45, 2.75) is 90.9 Å². The van der Waals surface area contributed by atoms with Crippen LogP contribution in [0.1, 0.15) is 90.9 Å². The van der Waals surface area contributed by atoms with Crippen molar-refractivity contribution in [1.82, 2.24) is 10.9 Å². The zero-order valence-corrected chi connectivity index (χ0v) is 12.9. The summed E-state index contributed by atoms with van der Waals surface area (Å²) in [6, 6.07) is 0. The summed E-state index contributed by atoms with van der Waals surface area (Å²) < 4.78 is 0. The number of nitrogens with one attached hydrogen (secondary N) is 2. The molecule has 0 atom stereocenters. The molecule has 2 N–H and O–H groups in total. The molecule has 0 aromatic heterocycles. The van der Waals surface area contributed by atoms with E-state index in [1.807, 2.05) is 0 Å². The van der Waals surface area contributed by atoms with Crippen LogP contribution in [0.4, 0.5) is 0 Å². The molecule has 0 radical (unpaired) electrons. The van der Waals surface area contributed by atoms with Gasteiger partial charge in [0, 0.05) is 13.1 Å². The van der Waals surface area contributed by atoms with Gasteiger partial charge in [-0.05, 0) is 12.8 Å². The Balaban J connectivity index is 2.86. The van der Waals surface area contributed by atoms with E-state index in [9.17, 15) is 0 Å². The van der Waals surface area contributed by atoms with Crippen LogP contribution in [0.2, 0.25) is 0 Å². The number of hydrogen-bond donors (Lipinski definition) is 2. The lowest BCUT2D eigenvalue weighted by molar-refractivity contribution is 0.488. The highest BCUT2D eigenvalue weighted by molar-refractivity contribution is 4.49. The summed E-state index contributed by atoms with van der Waals surface area (Å²) in [7, 11) is 0. The molecule has 0 fully saturated rings. The molecule has 0 bridgehead atoms. The smallest absolute Gasteiger partial charge is 0.00997 e. The van der Waals surface area contributed by atoms with Crippen molar-refractivity contribution in [3.63, 3.8) is 0 Å². The predicted octanol–water partition coefficient (Wildman–Crippen LogP) is 4.80. The normalized spacial score (nSPS) is 11.0. The SMILES string of the molecule is CCCCCCCCCCCCNNCCCC. The van der Waals surface area contributed by atoms with Crippen LogP contribution >= 0.6 is 0 Å². The second-order valence-corrected chi connectivity index (χ2v) is 5.39. The minimum Gasteiger partial charge on any atom is -0.258 e. The van der Waals surface area contributed by atoms with Crippen molar-refractivity contribution in [2.75, 3.05) is 13.1 Å². The fourth-order valence-corrected chi connectivity index (χ4v) is 2.14. The molecular weight excluding hydrogens is 220 g/mol. The molecule has 0 unspecified atom stereocenters. The van der Waals surface area contributed by atoms with E-state index in [1.165, 1.54) is 77.0 Å². The molecule has 2 nitrogen and oxygen atoms in total. The van der Waals surface area contributed by atoms with Gasteiger partial charge in [0.2, 0.25) is 0 Å². The first kappa shape index (κ1) is 17.9. The number of hydrogen-bond acceptors (Lipinski definition) is 2. The van der Waals surface area contributed by atoms with Gasteiger partial charge in [-0.3, -0.25) is 10.9 Å². The zero-order chi connectivity index (χ0) is 13.3. The average Bonchev–Trinajstić information content (AvgIpc) is 2.39. The van der Waals surface area contributed by atoms with E-state index >= 15 is 0 Å². The number of rotatable bonds is 15. The zero-order valence-electron chi connectivity index (χ0n) is 12.9. The number of hydrazine groups is 1. The molecule has 0 rings (SSSR count). The average molecular weight is 256 g/mol. The maximum Gasteiger partial charge on any atom is 0.00997 e. The number of unbranched alkanes of at least 4 members (excludes halogenated alkanes) is 10. The minimum absolute atomic E-state index is 1.11. The Morgan fingerprint density at radius 3 is 1.33 bits per heavy atom. The van der Waals surface area contributed by atoms with Crippen LogP contribution in [0.15, 0.2) is 0 Å². The van der Waals surface area contributed by atoms with Gasteiger partial charge in [0.25, 0.3) is 0 Å². The molecule has 0 aromatic rings. The third-order valence-electron chi connectivity index (χ3n) is 3.44. The first-order valence-corrected chi connectivity index (χ1v) is 8.37. The highest BCUT2D eigenvalue weighted by Crippen LogP contribution is 2.10. The maximum atomic E-state index is 3.30. The summed E-state index contributed by atoms with van der Waals surface area (Å²) in [5.41, 5.74) is 6.56. The van der Waals surface area contributed by atoms with Crippen molar-refractivity contribution in [2.24, 2.45) is 0 Å². The van der Waals surface area contributed by atoms with Gasteiger partial charge in [-0.15, -0.1) is 0 Å². The molecule has 0 aliphatic rings. The summed E-state index contributed by atoms with van der Waals surface area (Å²) in [5, 5.41) is 0. The molecule has 0 aliphatic heterocycles. The Bertz CT molecular complexity index is 121. The molecule has 0 saturated carbocycles. The van der Waals surface area contributed by atoms with Crippen LogP contribution in [0.25, 0.3) is 0 Å². The van der Waals surface area contributed by atoms with E-state index in [0.29, 0.717) is 0 Å². The molecule has 0 heterocycles. The Hall–Kier alpha value is -0.0800. The standard InChI is InChI=1S/C16H36N2/c1-3-5-7-8-9-10-11-12-13-14-16-18-17-15-6-4-2/h17-18H,3-16H2,1-2H3. The summed E-state index contributed by atoms with van der Waals surface area (Å²) in [5.74, 6) is 0. The van der Waals surface area contributed by atoms with E-state index in [2.05, 4.69) is 24.7 Å². The monoisotopic (exact) mass is 256 g/mol. The fraction of sp³-hybridized carbons (Fsp3) is 1.00. The lowest BCUT2D eigenvalue weighted by Gasteiger charge is -2.06. The van der Waals surface area contributed by atoms with Gasteiger partial charge in [0.05, 0.1) is 0 Å². The Morgan fingerprint density at radius 2 is 0.833 bits per heavy atom. The van der Waals surface area contributed by atoms with Crippen LogP contribution < -0.4 is 10.9 Å². The van der Waals surface area contributed by atoms with E-state index in [4.69, 9.17) is 0 Å². The van der Waals surface area contributed by atoms with Crippen LogP contribution in [0.5, 0.6) is 0 Å². The molecule has 0 amide bonds. The summed E-state index contributed by atoms with van der Waals surface area (Å²) in [6.07, 6.45) is 16.7. The van der Waals surface area contributed by atoms with E-state index in [-0.39, 0.29) is 0 Å². The molecule has 18 heavy (non-hydrogen) atoms. The van der Waals surface area contributed by atoms with Gasteiger partial charge in [-0.25, -0.2) is 0 Å². The third kappa shape index (κ3) is 15.9. The van der Waals surface area contributed by atoms with Crippen molar-refractivity contribution in [3.8, 4) is 0 Å². The van der Waals surface area contributed by atoms with Crippen LogP contribution in [0, 0.1) is 0 Å². The predicted molar refractivity (Wildman–Crippen MR) is 82.8 cm³/mol. The first-order chi connectivity index (χ1) is 8.91. The van der Waals surface area contributed by atoms with E-state index in [1.54, 1.807) is 0 Å². The van der Waals surface area contributed by atoms with E-state index < -0.39 is 0 Å². The van der Waals surface area contributed by atoms with Crippen molar-refractivity contribution in [3.05, 3.63) is 0 Å². The topological polar surface area (TPSA) is 24.1 Å². The maximum absolute atomic E-state index is 3.30. The van der Waals surface area contributed by atoms with Crippen LogP contribution in [-0.4, -0.2) is 13.1 Å². The first-order valence-electron chi connectivity index (χ1n) is 8.37. The Kier molecular flexibility index (Phi) is 16.8. The van der Waals surface area contributed by atoms with Gasteiger partial charge in [0.1, 0.15) is 0 Å². The summed E-state index contributed by atoms with van der Waals surface area (Å²) in [6.45, 7) is 6.74. The van der Waals surface area contributed by atoms with Crippen LogP contribution in [0.3, 0.4) is 0 Å². The highest BCUT2D eigenvalue weighted by Gasteiger charge is 1.92. The minimum atomic E-state index is 1.11. The second-order valence-electron chi connectivity index (χ2n) is 5.39. The molecule has 0 saturated heterocycles. The van der Waals surface area contributed by atoms with Gasteiger partial charge in [-0.1, -0.05) is 78.1 Å². The van der Waals surface area contributed by atoms with Gasteiger partial charge in [-0.2, -0.15) is 0 Å². The Morgan fingerprint density at radius 1 is 0.444 bits per heavy atom. The molecule has 0 aromatic carbocycles. The molecule has 0 aliphatic carbocycles.